The first-order valence-corrected chi connectivity index (χ1v) is 3.93. The number of hydrogen-bond acceptors (Lipinski definition) is 3. The van der Waals surface area contributed by atoms with Gasteiger partial charge in [0.1, 0.15) is 6.07 Å². The van der Waals surface area contributed by atoms with Crippen molar-refractivity contribution in [2.45, 2.75) is 6.43 Å². The first-order valence-electron chi connectivity index (χ1n) is 3.56. The lowest BCUT2D eigenvalue weighted by Crippen LogP contribution is -2.04. The van der Waals surface area contributed by atoms with Gasteiger partial charge in [0, 0.05) is 0 Å². The van der Waals surface area contributed by atoms with E-state index in [4.69, 9.17) is 16.9 Å². The van der Waals surface area contributed by atoms with Gasteiger partial charge in [-0.2, -0.15) is 9.65 Å². The number of alkyl halides is 2. The average Bonchev–Trinajstić information content (AvgIpc) is 2.16. The van der Waals surface area contributed by atoms with Gasteiger partial charge in [0.05, 0.1) is 11.1 Å². The standard InChI is InChI=1S/C8H2ClF3N2O/c9-6(15)4-1-3(7(10)11)5(2-13)14-8(4)12/h1,7H. The van der Waals surface area contributed by atoms with Gasteiger partial charge in [-0.15, -0.1) is 0 Å². The van der Waals surface area contributed by atoms with E-state index in [0.29, 0.717) is 6.07 Å². The quantitative estimate of drug-likeness (QED) is 0.583. The van der Waals surface area contributed by atoms with E-state index in [-0.39, 0.29) is 0 Å². The van der Waals surface area contributed by atoms with Crippen molar-refractivity contribution in [3.63, 3.8) is 0 Å². The first kappa shape index (κ1) is 11.5. The van der Waals surface area contributed by atoms with Crippen LogP contribution in [0, 0.1) is 17.3 Å². The molecule has 0 N–H and O–H groups in total. The zero-order valence-electron chi connectivity index (χ0n) is 6.97. The summed E-state index contributed by atoms with van der Waals surface area (Å²) in [6.07, 6.45) is -3.03. The van der Waals surface area contributed by atoms with Crippen molar-refractivity contribution in [3.05, 3.63) is 28.8 Å². The maximum Gasteiger partial charge on any atom is 0.266 e. The lowest BCUT2D eigenvalue weighted by molar-refractivity contribution is 0.107. The van der Waals surface area contributed by atoms with E-state index in [1.54, 1.807) is 0 Å². The molecule has 0 spiro atoms. The smallest absolute Gasteiger partial charge is 0.266 e. The zero-order valence-corrected chi connectivity index (χ0v) is 7.73. The SMILES string of the molecule is N#Cc1nc(F)c(C(=O)Cl)cc1C(F)F. The largest absolute Gasteiger partial charge is 0.275 e. The van der Waals surface area contributed by atoms with Crippen molar-refractivity contribution in [1.29, 1.82) is 5.26 Å². The Hall–Kier alpha value is -1.61. The van der Waals surface area contributed by atoms with E-state index in [2.05, 4.69) is 4.98 Å². The van der Waals surface area contributed by atoms with Crippen LogP contribution in [-0.2, 0) is 0 Å². The number of nitriles is 1. The van der Waals surface area contributed by atoms with Gasteiger partial charge < -0.3 is 0 Å². The van der Waals surface area contributed by atoms with E-state index in [1.165, 1.54) is 6.07 Å². The van der Waals surface area contributed by atoms with Gasteiger partial charge in [-0.1, -0.05) is 0 Å². The highest BCUT2D eigenvalue weighted by atomic mass is 35.5. The maximum atomic E-state index is 12.9. The second-order valence-corrected chi connectivity index (χ2v) is 2.79. The Balaban J connectivity index is 3.45. The highest BCUT2D eigenvalue weighted by Gasteiger charge is 2.20. The highest BCUT2D eigenvalue weighted by Crippen LogP contribution is 2.24. The molecule has 1 aromatic rings. The highest BCUT2D eigenvalue weighted by molar-refractivity contribution is 6.67. The molecule has 0 aliphatic heterocycles. The fourth-order valence-electron chi connectivity index (χ4n) is 0.900. The molecule has 0 aromatic carbocycles. The Bertz CT molecular complexity index is 456. The number of pyridine rings is 1. The molecule has 0 atom stereocenters. The van der Waals surface area contributed by atoms with Crippen LogP contribution in [-0.4, -0.2) is 10.2 Å². The van der Waals surface area contributed by atoms with Gasteiger partial charge in [0.15, 0.2) is 5.69 Å². The summed E-state index contributed by atoms with van der Waals surface area (Å²) in [5, 5.41) is 7.15. The predicted octanol–water partition coefficient (Wildman–Crippen LogP) is 2.41. The molecule has 0 unspecified atom stereocenters. The van der Waals surface area contributed by atoms with Crippen LogP contribution in [0.15, 0.2) is 6.07 Å². The van der Waals surface area contributed by atoms with Crippen molar-refractivity contribution in [1.82, 2.24) is 4.98 Å². The molecule has 0 saturated heterocycles. The molecule has 0 amide bonds. The average molecular weight is 235 g/mol. The van der Waals surface area contributed by atoms with E-state index in [0.717, 1.165) is 0 Å². The van der Waals surface area contributed by atoms with Crippen LogP contribution in [0.25, 0.3) is 0 Å². The lowest BCUT2D eigenvalue weighted by atomic mass is 10.1. The molecular weight excluding hydrogens is 233 g/mol. The molecule has 3 nitrogen and oxygen atoms in total. The molecule has 1 rings (SSSR count). The van der Waals surface area contributed by atoms with Crippen molar-refractivity contribution in [2.24, 2.45) is 0 Å². The fraction of sp³-hybridized carbons (Fsp3) is 0.125. The van der Waals surface area contributed by atoms with Gasteiger partial charge in [-0.05, 0) is 17.7 Å². The number of hydrogen-bond donors (Lipinski definition) is 0. The minimum atomic E-state index is -3.03. The topological polar surface area (TPSA) is 53.8 Å². The van der Waals surface area contributed by atoms with Gasteiger partial charge >= 0.3 is 0 Å². The summed E-state index contributed by atoms with van der Waals surface area (Å²) in [6, 6.07) is 1.83. The van der Waals surface area contributed by atoms with Gasteiger partial charge in [-0.3, -0.25) is 4.79 Å². The molecule has 0 aliphatic carbocycles. The van der Waals surface area contributed by atoms with E-state index < -0.39 is 34.4 Å². The van der Waals surface area contributed by atoms with Crippen LogP contribution < -0.4 is 0 Å². The Morgan fingerprint density at radius 2 is 2.20 bits per heavy atom. The monoisotopic (exact) mass is 234 g/mol. The third kappa shape index (κ3) is 2.25. The molecule has 0 aliphatic rings. The summed E-state index contributed by atoms with van der Waals surface area (Å²) in [7, 11) is 0. The number of carbonyl (C=O) groups is 1. The predicted molar refractivity (Wildman–Crippen MR) is 44.1 cm³/mol. The summed E-state index contributed by atoms with van der Waals surface area (Å²) in [5.41, 5.74) is -2.35. The van der Waals surface area contributed by atoms with Crippen LogP contribution in [0.1, 0.15) is 28.0 Å². The first-order chi connectivity index (χ1) is 6.97. The molecule has 0 saturated carbocycles. The summed E-state index contributed by atoms with van der Waals surface area (Å²) < 4.78 is 37.6. The van der Waals surface area contributed by atoms with Crippen LogP contribution in [0.3, 0.4) is 0 Å². The summed E-state index contributed by atoms with van der Waals surface area (Å²) >= 11 is 4.93. The number of rotatable bonds is 2. The molecule has 0 fully saturated rings. The number of carbonyl (C=O) groups excluding carboxylic acids is 1. The van der Waals surface area contributed by atoms with E-state index in [9.17, 15) is 18.0 Å². The number of aromatic nitrogens is 1. The minimum Gasteiger partial charge on any atom is -0.275 e. The Labute approximate surface area is 87.1 Å². The fourth-order valence-corrected chi connectivity index (χ4v) is 1.03. The van der Waals surface area contributed by atoms with Gasteiger partial charge in [0.2, 0.25) is 5.95 Å². The molecule has 0 radical (unpaired) electrons. The second-order valence-electron chi connectivity index (χ2n) is 2.45. The van der Waals surface area contributed by atoms with E-state index >= 15 is 0 Å². The third-order valence-electron chi connectivity index (χ3n) is 1.56. The molecule has 78 valence electrons. The molecular formula is C8H2ClF3N2O. The minimum absolute atomic E-state index is 0.529. The normalized spacial score (nSPS) is 10.1. The van der Waals surface area contributed by atoms with Crippen molar-refractivity contribution in [3.8, 4) is 6.07 Å². The zero-order chi connectivity index (χ0) is 11.6. The van der Waals surface area contributed by atoms with Gasteiger partial charge in [-0.25, -0.2) is 13.8 Å². The molecule has 1 heterocycles. The summed E-state index contributed by atoms with van der Waals surface area (Å²) in [4.78, 5) is 13.5. The van der Waals surface area contributed by atoms with Crippen LogP contribution >= 0.6 is 11.6 Å². The van der Waals surface area contributed by atoms with Crippen molar-refractivity contribution in [2.75, 3.05) is 0 Å². The second kappa shape index (κ2) is 4.28. The Kier molecular flexibility index (Phi) is 3.27. The number of halogens is 4. The molecule has 15 heavy (non-hydrogen) atoms. The Morgan fingerprint density at radius 1 is 1.60 bits per heavy atom. The van der Waals surface area contributed by atoms with Crippen molar-refractivity contribution < 1.29 is 18.0 Å². The Morgan fingerprint density at radius 3 is 2.60 bits per heavy atom. The maximum absolute atomic E-state index is 12.9. The molecule has 7 heteroatoms. The molecule has 0 bridgehead atoms. The van der Waals surface area contributed by atoms with Crippen LogP contribution in [0.4, 0.5) is 13.2 Å². The van der Waals surface area contributed by atoms with Crippen molar-refractivity contribution >= 4 is 16.8 Å². The third-order valence-corrected chi connectivity index (χ3v) is 1.76. The lowest BCUT2D eigenvalue weighted by Gasteiger charge is -2.03. The number of nitrogens with zero attached hydrogens (tertiary/aromatic N) is 2. The van der Waals surface area contributed by atoms with Crippen LogP contribution in [0.2, 0.25) is 0 Å². The summed E-state index contributed by atoms with van der Waals surface area (Å²) in [5.74, 6) is -1.34. The van der Waals surface area contributed by atoms with Crippen LogP contribution in [0.5, 0.6) is 0 Å². The molecule has 1 aromatic heterocycles. The van der Waals surface area contributed by atoms with Gasteiger partial charge in [0.25, 0.3) is 11.7 Å². The van der Waals surface area contributed by atoms with E-state index in [1.807, 2.05) is 0 Å². The summed E-state index contributed by atoms with van der Waals surface area (Å²) in [6.45, 7) is 0.